The Balaban J connectivity index is 2.99. The number of nitrogens with two attached hydrogens (primary N) is 1. The maximum absolute atomic E-state index is 13.4. The van der Waals surface area contributed by atoms with Gasteiger partial charge in [0.15, 0.2) is 0 Å². The molecule has 1 aromatic carbocycles. The van der Waals surface area contributed by atoms with E-state index in [0.29, 0.717) is 5.57 Å². The Labute approximate surface area is 155 Å². The molecule has 0 bridgehead atoms. The SMILES string of the molecule is CCC(Cl)CC(C)c1ccccc1NC(=O)/C(=C/N(C)N)CC(C)F. The molecule has 0 saturated heterocycles. The van der Waals surface area contributed by atoms with Crippen LogP contribution in [0, 0.1) is 0 Å². The number of carbonyl (C=O) groups is 1. The molecule has 1 aromatic rings. The van der Waals surface area contributed by atoms with E-state index in [0.717, 1.165) is 24.1 Å². The average molecular weight is 370 g/mol. The van der Waals surface area contributed by atoms with E-state index in [2.05, 4.69) is 19.2 Å². The number of hydrogen-bond acceptors (Lipinski definition) is 3. The standard InChI is InChI=1S/C19H29ClFN3O/c1-5-16(20)10-13(2)17-8-6-7-9-18(17)23-19(25)15(11-14(3)21)12-24(4)22/h6-9,12-14,16H,5,10-11,22H2,1-4H3,(H,23,25)/b15-12+. The summed E-state index contributed by atoms with van der Waals surface area (Å²) in [6.45, 7) is 5.56. The van der Waals surface area contributed by atoms with E-state index >= 15 is 0 Å². The smallest absolute Gasteiger partial charge is 0.253 e. The van der Waals surface area contributed by atoms with Gasteiger partial charge in [0.1, 0.15) is 6.17 Å². The van der Waals surface area contributed by atoms with Gasteiger partial charge in [0.2, 0.25) is 0 Å². The molecule has 0 aliphatic carbocycles. The molecule has 1 rings (SSSR count). The number of halogens is 2. The highest BCUT2D eigenvalue weighted by molar-refractivity contribution is 6.20. The van der Waals surface area contributed by atoms with Crippen molar-refractivity contribution in [3.8, 4) is 0 Å². The Morgan fingerprint density at radius 1 is 1.40 bits per heavy atom. The first-order valence-corrected chi connectivity index (χ1v) is 9.04. The molecule has 0 spiro atoms. The molecule has 3 unspecified atom stereocenters. The van der Waals surface area contributed by atoms with E-state index in [-0.39, 0.29) is 23.6 Å². The summed E-state index contributed by atoms with van der Waals surface area (Å²) in [7, 11) is 1.59. The molecular weight excluding hydrogens is 341 g/mol. The summed E-state index contributed by atoms with van der Waals surface area (Å²) in [4.78, 5) is 12.6. The number of anilines is 1. The number of hydrogen-bond donors (Lipinski definition) is 2. The van der Waals surface area contributed by atoms with Gasteiger partial charge < -0.3 is 10.3 Å². The quantitative estimate of drug-likeness (QED) is 0.290. The summed E-state index contributed by atoms with van der Waals surface area (Å²) in [5.74, 6) is 5.44. The summed E-state index contributed by atoms with van der Waals surface area (Å²) >= 11 is 6.28. The van der Waals surface area contributed by atoms with Crippen LogP contribution in [0.25, 0.3) is 0 Å². The van der Waals surface area contributed by atoms with Gasteiger partial charge in [-0.05, 0) is 37.3 Å². The lowest BCUT2D eigenvalue weighted by Crippen LogP contribution is -2.24. The van der Waals surface area contributed by atoms with Crippen molar-refractivity contribution in [1.29, 1.82) is 0 Å². The Bertz CT molecular complexity index is 590. The molecule has 0 aromatic heterocycles. The number of hydrazine groups is 1. The molecule has 3 N–H and O–H groups in total. The Hall–Kier alpha value is -1.59. The first kappa shape index (κ1) is 21.5. The number of benzene rings is 1. The number of nitrogens with one attached hydrogen (secondary N) is 1. The molecule has 4 nitrogen and oxygen atoms in total. The second-order valence-electron chi connectivity index (χ2n) is 6.49. The largest absolute Gasteiger partial charge is 0.322 e. The summed E-state index contributed by atoms with van der Waals surface area (Å²) in [5, 5.41) is 4.24. The van der Waals surface area contributed by atoms with Gasteiger partial charge in [0, 0.05) is 36.3 Å². The van der Waals surface area contributed by atoms with E-state index < -0.39 is 6.17 Å². The molecule has 0 radical (unpaired) electrons. The van der Waals surface area contributed by atoms with Gasteiger partial charge in [-0.15, -0.1) is 11.6 Å². The van der Waals surface area contributed by atoms with Gasteiger partial charge in [-0.1, -0.05) is 32.0 Å². The molecule has 6 heteroatoms. The van der Waals surface area contributed by atoms with Crippen LogP contribution in [0.1, 0.15) is 51.5 Å². The maximum atomic E-state index is 13.4. The molecule has 0 fully saturated rings. The third kappa shape index (κ3) is 7.45. The third-order valence-electron chi connectivity index (χ3n) is 3.94. The first-order chi connectivity index (χ1) is 11.7. The van der Waals surface area contributed by atoms with E-state index in [4.69, 9.17) is 17.4 Å². The van der Waals surface area contributed by atoms with Gasteiger partial charge in [0.25, 0.3) is 5.91 Å². The van der Waals surface area contributed by atoms with Crippen molar-refractivity contribution < 1.29 is 9.18 Å². The molecule has 3 atom stereocenters. The number of rotatable bonds is 9. The number of nitrogens with zero attached hydrogens (tertiary/aromatic N) is 1. The summed E-state index contributed by atoms with van der Waals surface area (Å²) in [6, 6.07) is 7.63. The van der Waals surface area contributed by atoms with E-state index in [1.54, 1.807) is 7.05 Å². The van der Waals surface area contributed by atoms with Crippen LogP contribution in [0.3, 0.4) is 0 Å². The molecule has 0 saturated carbocycles. The highest BCUT2D eigenvalue weighted by Crippen LogP contribution is 2.30. The van der Waals surface area contributed by atoms with Crippen LogP contribution in [0.2, 0.25) is 0 Å². The summed E-state index contributed by atoms with van der Waals surface area (Å²) in [5.41, 5.74) is 2.03. The monoisotopic (exact) mass is 369 g/mol. The van der Waals surface area contributed by atoms with E-state index in [1.807, 2.05) is 24.3 Å². The third-order valence-corrected chi connectivity index (χ3v) is 4.43. The first-order valence-electron chi connectivity index (χ1n) is 8.61. The van der Waals surface area contributed by atoms with Crippen LogP contribution >= 0.6 is 11.6 Å². The minimum atomic E-state index is -1.13. The van der Waals surface area contributed by atoms with Crippen molar-refractivity contribution in [2.24, 2.45) is 5.84 Å². The van der Waals surface area contributed by atoms with Crippen LogP contribution in [0.4, 0.5) is 10.1 Å². The zero-order valence-electron chi connectivity index (χ0n) is 15.4. The van der Waals surface area contributed by atoms with Crippen LogP contribution < -0.4 is 11.2 Å². The molecule has 25 heavy (non-hydrogen) atoms. The predicted octanol–water partition coefficient (Wildman–Crippen LogP) is 4.57. The molecule has 140 valence electrons. The van der Waals surface area contributed by atoms with Crippen molar-refractivity contribution in [2.75, 3.05) is 12.4 Å². The molecule has 0 aliphatic heterocycles. The lowest BCUT2D eigenvalue weighted by Gasteiger charge is -2.20. The highest BCUT2D eigenvalue weighted by Gasteiger charge is 2.18. The van der Waals surface area contributed by atoms with Crippen LogP contribution in [0.5, 0.6) is 0 Å². The van der Waals surface area contributed by atoms with Crippen molar-refractivity contribution in [3.63, 3.8) is 0 Å². The minimum absolute atomic E-state index is 0.00465. The van der Waals surface area contributed by atoms with Gasteiger partial charge >= 0.3 is 0 Å². The molecule has 0 aliphatic rings. The van der Waals surface area contributed by atoms with Crippen LogP contribution in [-0.4, -0.2) is 29.5 Å². The fourth-order valence-electron chi connectivity index (χ4n) is 2.67. The Morgan fingerprint density at radius 3 is 2.60 bits per heavy atom. The van der Waals surface area contributed by atoms with Crippen LogP contribution in [-0.2, 0) is 4.79 Å². The number of para-hydroxylation sites is 1. The van der Waals surface area contributed by atoms with Crippen molar-refractivity contribution in [3.05, 3.63) is 41.6 Å². The lowest BCUT2D eigenvalue weighted by molar-refractivity contribution is -0.113. The normalized spacial score (nSPS) is 15.4. The maximum Gasteiger partial charge on any atom is 0.253 e. The van der Waals surface area contributed by atoms with Gasteiger partial charge in [-0.2, -0.15) is 0 Å². The van der Waals surface area contributed by atoms with Gasteiger partial charge in [0.05, 0.1) is 0 Å². The van der Waals surface area contributed by atoms with Crippen molar-refractivity contribution in [1.82, 2.24) is 5.01 Å². The topological polar surface area (TPSA) is 58.4 Å². The zero-order chi connectivity index (χ0) is 19.0. The van der Waals surface area contributed by atoms with E-state index in [1.165, 1.54) is 18.1 Å². The Morgan fingerprint density at radius 2 is 2.04 bits per heavy atom. The highest BCUT2D eigenvalue weighted by atomic mass is 35.5. The lowest BCUT2D eigenvalue weighted by atomic mass is 9.93. The second-order valence-corrected chi connectivity index (χ2v) is 7.11. The number of amides is 1. The second kappa shape index (κ2) is 10.4. The van der Waals surface area contributed by atoms with E-state index in [9.17, 15) is 9.18 Å². The number of alkyl halides is 2. The minimum Gasteiger partial charge on any atom is -0.322 e. The fraction of sp³-hybridized carbons (Fsp3) is 0.526. The van der Waals surface area contributed by atoms with Crippen molar-refractivity contribution in [2.45, 2.75) is 57.5 Å². The predicted molar refractivity (Wildman–Crippen MR) is 103 cm³/mol. The van der Waals surface area contributed by atoms with Crippen molar-refractivity contribution >= 4 is 23.2 Å². The fourth-order valence-corrected chi connectivity index (χ4v) is 2.94. The molecule has 1 amide bonds. The van der Waals surface area contributed by atoms with Gasteiger partial charge in [-0.25, -0.2) is 10.2 Å². The van der Waals surface area contributed by atoms with Gasteiger partial charge in [-0.3, -0.25) is 4.79 Å². The summed E-state index contributed by atoms with van der Waals surface area (Å²) in [6.07, 6.45) is 2.03. The average Bonchev–Trinajstić information content (AvgIpc) is 2.53. The Kier molecular flexibility index (Phi) is 8.93. The molecule has 0 heterocycles. The zero-order valence-corrected chi connectivity index (χ0v) is 16.2. The number of carbonyl (C=O) groups excluding carboxylic acids is 1. The molecular formula is C19H29ClFN3O. The van der Waals surface area contributed by atoms with Crippen LogP contribution in [0.15, 0.2) is 36.0 Å². The summed E-state index contributed by atoms with van der Waals surface area (Å²) < 4.78 is 13.4.